The third-order valence-corrected chi connectivity index (χ3v) is 4.22. The maximum atomic E-state index is 12.1. The molecule has 2 aromatic carbocycles. The highest BCUT2D eigenvalue weighted by molar-refractivity contribution is 7.10. The molecule has 0 atom stereocenters. The Kier molecular flexibility index (Phi) is 4.39. The van der Waals surface area contributed by atoms with E-state index in [1.807, 2.05) is 60.8 Å². The average molecular weight is 323 g/mol. The summed E-state index contributed by atoms with van der Waals surface area (Å²) in [7, 11) is 0. The Hall–Kier alpha value is -2.66. The van der Waals surface area contributed by atoms with Crippen molar-refractivity contribution in [1.29, 1.82) is 0 Å². The summed E-state index contributed by atoms with van der Waals surface area (Å²) in [6, 6.07) is 15.3. The molecular formula is C18H17N3OS. The van der Waals surface area contributed by atoms with Crippen LogP contribution in [0.5, 0.6) is 0 Å². The number of thiazole rings is 1. The molecule has 0 radical (unpaired) electrons. The van der Waals surface area contributed by atoms with Gasteiger partial charge in [0.2, 0.25) is 5.91 Å². The monoisotopic (exact) mass is 323 g/mol. The number of aryl methyl sites for hydroxylation is 1. The first-order valence-electron chi connectivity index (χ1n) is 7.27. The maximum Gasteiger partial charge on any atom is 0.231 e. The molecule has 0 saturated heterocycles. The number of anilines is 2. The van der Waals surface area contributed by atoms with Crippen LogP contribution < -0.4 is 11.1 Å². The number of nitrogens with zero attached hydrogens (tertiary/aromatic N) is 1. The van der Waals surface area contributed by atoms with Gasteiger partial charge in [-0.1, -0.05) is 24.3 Å². The first-order valence-corrected chi connectivity index (χ1v) is 8.15. The molecule has 0 bridgehead atoms. The van der Waals surface area contributed by atoms with Crippen LogP contribution in [0.1, 0.15) is 10.6 Å². The average Bonchev–Trinajstić information content (AvgIpc) is 2.96. The number of hydrogen-bond acceptors (Lipinski definition) is 4. The molecule has 116 valence electrons. The van der Waals surface area contributed by atoms with Gasteiger partial charge >= 0.3 is 0 Å². The third-order valence-electron chi connectivity index (χ3n) is 3.37. The second-order valence-electron chi connectivity index (χ2n) is 5.34. The predicted octanol–water partition coefficient (Wildman–Crippen LogP) is 3.88. The van der Waals surface area contributed by atoms with Crippen molar-refractivity contribution in [2.24, 2.45) is 0 Å². The van der Waals surface area contributed by atoms with Crippen LogP contribution in [0.4, 0.5) is 11.4 Å². The van der Waals surface area contributed by atoms with Gasteiger partial charge in [-0.3, -0.25) is 4.79 Å². The van der Waals surface area contributed by atoms with Crippen molar-refractivity contribution in [3.8, 4) is 11.3 Å². The van der Waals surface area contributed by atoms with E-state index < -0.39 is 0 Å². The Balaban J connectivity index is 1.66. The summed E-state index contributed by atoms with van der Waals surface area (Å²) in [5.74, 6) is -0.0613. The summed E-state index contributed by atoms with van der Waals surface area (Å²) in [4.78, 5) is 16.6. The van der Waals surface area contributed by atoms with E-state index in [4.69, 9.17) is 5.73 Å². The lowest BCUT2D eigenvalue weighted by Gasteiger charge is -2.04. The van der Waals surface area contributed by atoms with E-state index in [1.165, 1.54) is 11.3 Å². The van der Waals surface area contributed by atoms with E-state index >= 15 is 0 Å². The maximum absolute atomic E-state index is 12.1. The van der Waals surface area contributed by atoms with Crippen molar-refractivity contribution in [3.05, 3.63) is 64.5 Å². The number of nitrogens with one attached hydrogen (secondary N) is 1. The second-order valence-corrected chi connectivity index (χ2v) is 6.29. The highest BCUT2D eigenvalue weighted by Crippen LogP contribution is 2.23. The Morgan fingerprint density at radius 1 is 1.22 bits per heavy atom. The molecule has 1 amide bonds. The minimum atomic E-state index is -0.0613. The van der Waals surface area contributed by atoms with E-state index in [9.17, 15) is 4.79 Å². The van der Waals surface area contributed by atoms with Gasteiger partial charge in [0.1, 0.15) is 5.01 Å². The van der Waals surface area contributed by atoms with Crippen LogP contribution in [-0.4, -0.2) is 10.9 Å². The van der Waals surface area contributed by atoms with Crippen LogP contribution in [0.3, 0.4) is 0 Å². The fraction of sp³-hybridized carbons (Fsp3) is 0.111. The topological polar surface area (TPSA) is 68.0 Å². The fourth-order valence-corrected chi connectivity index (χ4v) is 3.05. The van der Waals surface area contributed by atoms with Crippen molar-refractivity contribution >= 4 is 28.6 Å². The number of benzene rings is 2. The van der Waals surface area contributed by atoms with Crippen molar-refractivity contribution < 1.29 is 4.79 Å². The van der Waals surface area contributed by atoms with E-state index in [0.717, 1.165) is 33.2 Å². The minimum absolute atomic E-state index is 0.0613. The van der Waals surface area contributed by atoms with Crippen LogP contribution in [0.25, 0.3) is 11.3 Å². The van der Waals surface area contributed by atoms with Crippen LogP contribution in [0, 0.1) is 6.92 Å². The zero-order valence-corrected chi connectivity index (χ0v) is 13.6. The minimum Gasteiger partial charge on any atom is -0.399 e. The first-order chi connectivity index (χ1) is 11.1. The molecule has 1 heterocycles. The van der Waals surface area contributed by atoms with Gasteiger partial charge in [-0.25, -0.2) is 4.98 Å². The molecule has 3 N–H and O–H groups in total. The molecule has 0 aliphatic carbocycles. The van der Waals surface area contributed by atoms with E-state index in [2.05, 4.69) is 10.3 Å². The highest BCUT2D eigenvalue weighted by Gasteiger charge is 2.09. The van der Waals surface area contributed by atoms with E-state index in [0.29, 0.717) is 0 Å². The summed E-state index contributed by atoms with van der Waals surface area (Å²) in [5.41, 5.74) is 10.2. The summed E-state index contributed by atoms with van der Waals surface area (Å²) in [6.07, 6.45) is 0.271. The number of hydrogen-bond donors (Lipinski definition) is 2. The molecule has 4 nitrogen and oxygen atoms in total. The normalized spacial score (nSPS) is 10.5. The van der Waals surface area contributed by atoms with Crippen molar-refractivity contribution in [2.75, 3.05) is 11.1 Å². The number of nitrogens with two attached hydrogens (primary N) is 1. The van der Waals surface area contributed by atoms with Gasteiger partial charge in [-0.05, 0) is 36.8 Å². The SMILES string of the molecule is Cc1cccc(NC(=O)Cc2nc(-c3ccc(N)cc3)cs2)c1. The number of carbonyl (C=O) groups excluding carboxylic acids is 1. The van der Waals surface area contributed by atoms with E-state index in [-0.39, 0.29) is 12.3 Å². The lowest BCUT2D eigenvalue weighted by molar-refractivity contribution is -0.115. The van der Waals surface area contributed by atoms with Gasteiger partial charge < -0.3 is 11.1 Å². The molecule has 0 spiro atoms. The number of aromatic nitrogens is 1. The summed E-state index contributed by atoms with van der Waals surface area (Å²) < 4.78 is 0. The number of amides is 1. The molecule has 3 aromatic rings. The van der Waals surface area contributed by atoms with Crippen LogP contribution in [-0.2, 0) is 11.2 Å². The zero-order chi connectivity index (χ0) is 16.2. The number of rotatable bonds is 4. The summed E-state index contributed by atoms with van der Waals surface area (Å²) >= 11 is 1.49. The quantitative estimate of drug-likeness (QED) is 0.716. The molecular weight excluding hydrogens is 306 g/mol. The standard InChI is InChI=1S/C18H17N3OS/c1-12-3-2-4-15(9-12)20-17(22)10-18-21-16(11-23-18)13-5-7-14(19)8-6-13/h2-9,11H,10,19H2,1H3,(H,20,22). The Morgan fingerprint density at radius 2 is 2.00 bits per heavy atom. The van der Waals surface area contributed by atoms with Gasteiger partial charge in [0.15, 0.2) is 0 Å². The fourth-order valence-electron chi connectivity index (χ4n) is 2.24. The van der Waals surface area contributed by atoms with Crippen LogP contribution in [0.15, 0.2) is 53.9 Å². The Bertz CT molecular complexity index is 824. The van der Waals surface area contributed by atoms with Gasteiger partial charge in [-0.2, -0.15) is 0 Å². The van der Waals surface area contributed by atoms with Crippen molar-refractivity contribution in [3.63, 3.8) is 0 Å². The first kappa shape index (κ1) is 15.2. The van der Waals surface area contributed by atoms with Crippen LogP contribution >= 0.6 is 11.3 Å². The molecule has 0 fully saturated rings. The lowest BCUT2D eigenvalue weighted by atomic mass is 10.1. The van der Waals surface area contributed by atoms with Gasteiger partial charge in [0.25, 0.3) is 0 Å². The second kappa shape index (κ2) is 6.62. The largest absolute Gasteiger partial charge is 0.399 e. The van der Waals surface area contributed by atoms with Gasteiger partial charge in [0, 0.05) is 22.3 Å². The summed E-state index contributed by atoms with van der Waals surface area (Å²) in [6.45, 7) is 2.00. The molecule has 1 aromatic heterocycles. The molecule has 0 aliphatic heterocycles. The predicted molar refractivity (Wildman–Crippen MR) is 95.5 cm³/mol. The molecule has 0 unspecified atom stereocenters. The molecule has 23 heavy (non-hydrogen) atoms. The Labute approximate surface area is 139 Å². The number of nitrogen functional groups attached to an aromatic ring is 1. The molecule has 3 rings (SSSR count). The van der Waals surface area contributed by atoms with E-state index in [1.54, 1.807) is 0 Å². The van der Waals surface area contributed by atoms with Crippen LogP contribution in [0.2, 0.25) is 0 Å². The summed E-state index contributed by atoms with van der Waals surface area (Å²) in [5, 5.41) is 5.65. The lowest BCUT2D eigenvalue weighted by Crippen LogP contribution is -2.14. The molecule has 0 saturated carbocycles. The smallest absolute Gasteiger partial charge is 0.231 e. The molecule has 5 heteroatoms. The van der Waals surface area contributed by atoms with Gasteiger partial charge in [-0.15, -0.1) is 11.3 Å². The highest BCUT2D eigenvalue weighted by atomic mass is 32.1. The Morgan fingerprint density at radius 3 is 2.74 bits per heavy atom. The van der Waals surface area contributed by atoms with Crippen molar-refractivity contribution in [1.82, 2.24) is 4.98 Å². The zero-order valence-electron chi connectivity index (χ0n) is 12.7. The molecule has 0 aliphatic rings. The number of carbonyl (C=O) groups is 1. The third kappa shape index (κ3) is 3.96. The van der Waals surface area contributed by atoms with Crippen molar-refractivity contribution in [2.45, 2.75) is 13.3 Å². The van der Waals surface area contributed by atoms with Gasteiger partial charge in [0.05, 0.1) is 12.1 Å².